The summed E-state index contributed by atoms with van der Waals surface area (Å²) >= 11 is 0. The fourth-order valence-electron chi connectivity index (χ4n) is 3.94. The van der Waals surface area contributed by atoms with Gasteiger partial charge in [-0.15, -0.1) is 0 Å². The van der Waals surface area contributed by atoms with Crippen molar-refractivity contribution in [3.8, 4) is 0 Å². The number of rotatable bonds is 13. The number of carbonyl (C=O) groups is 3. The molecule has 0 saturated heterocycles. The molecule has 1 heterocycles. The van der Waals surface area contributed by atoms with Gasteiger partial charge in [-0.25, -0.2) is 4.79 Å². The van der Waals surface area contributed by atoms with Gasteiger partial charge in [0.05, 0.1) is 19.3 Å². The number of esters is 3. The van der Waals surface area contributed by atoms with Crippen LogP contribution in [0.25, 0.3) is 0 Å². The van der Waals surface area contributed by atoms with Crippen molar-refractivity contribution in [1.82, 2.24) is 0 Å². The van der Waals surface area contributed by atoms with Crippen molar-refractivity contribution < 1.29 is 38.1 Å². The van der Waals surface area contributed by atoms with Gasteiger partial charge in [0.25, 0.3) is 0 Å². The predicted molar refractivity (Wildman–Crippen MR) is 140 cm³/mol. The van der Waals surface area contributed by atoms with Gasteiger partial charge in [0, 0.05) is 26.3 Å². The largest absolute Gasteiger partial charge is 0.460 e. The molecule has 38 heavy (non-hydrogen) atoms. The maximum atomic E-state index is 12.0. The van der Waals surface area contributed by atoms with Gasteiger partial charge in [0.2, 0.25) is 0 Å². The third-order valence-corrected chi connectivity index (χ3v) is 5.76. The first-order valence-corrected chi connectivity index (χ1v) is 12.5. The lowest BCUT2D eigenvalue weighted by molar-refractivity contribution is -0.159. The molecule has 1 aliphatic rings. The second kappa shape index (κ2) is 14.9. The van der Waals surface area contributed by atoms with Crippen LogP contribution in [0.2, 0.25) is 0 Å². The van der Waals surface area contributed by atoms with Gasteiger partial charge < -0.3 is 23.7 Å². The molecular weight excluding hydrogens is 488 g/mol. The van der Waals surface area contributed by atoms with E-state index in [1.807, 2.05) is 60.7 Å². The number of hydrogen-bond donors (Lipinski definition) is 0. The van der Waals surface area contributed by atoms with Crippen molar-refractivity contribution in [1.29, 1.82) is 0 Å². The van der Waals surface area contributed by atoms with Crippen LogP contribution in [0, 0.1) is 0 Å². The standard InChI is InChI=1S/C30H34O8/c1-21(36-22(2)31)29(35-20-25-12-8-5-9-13-25)18-26(37-23(3)32)14-15-28-27(16-17-30(33)38-28)34-19-24-10-6-4-7-11-24/h4-17,21,26-29H,18-20H2,1-3H3/b15-14-/t21-,26+,27-,28-,29+/m0/s1. The molecule has 0 unspecified atom stereocenters. The highest BCUT2D eigenvalue weighted by Crippen LogP contribution is 2.20. The maximum Gasteiger partial charge on any atom is 0.331 e. The van der Waals surface area contributed by atoms with Crippen molar-refractivity contribution in [2.45, 2.75) is 70.9 Å². The topological polar surface area (TPSA) is 97.4 Å². The van der Waals surface area contributed by atoms with Crippen LogP contribution >= 0.6 is 0 Å². The summed E-state index contributed by atoms with van der Waals surface area (Å²) < 4.78 is 28.5. The van der Waals surface area contributed by atoms with Crippen LogP contribution in [0.3, 0.4) is 0 Å². The summed E-state index contributed by atoms with van der Waals surface area (Å²) in [5, 5.41) is 0. The first-order valence-electron chi connectivity index (χ1n) is 12.5. The van der Waals surface area contributed by atoms with E-state index in [0.717, 1.165) is 11.1 Å². The first kappa shape index (κ1) is 28.8. The molecule has 8 nitrogen and oxygen atoms in total. The van der Waals surface area contributed by atoms with Gasteiger partial charge in [0.15, 0.2) is 6.10 Å². The fraction of sp³-hybridized carbons (Fsp3) is 0.367. The molecule has 0 saturated carbocycles. The Balaban J connectivity index is 1.72. The highest BCUT2D eigenvalue weighted by atomic mass is 16.6. The number of benzene rings is 2. The van der Waals surface area contributed by atoms with E-state index in [2.05, 4.69) is 0 Å². The van der Waals surface area contributed by atoms with Gasteiger partial charge in [-0.3, -0.25) is 9.59 Å². The molecule has 0 amide bonds. The van der Waals surface area contributed by atoms with Gasteiger partial charge in [-0.1, -0.05) is 60.7 Å². The second-order valence-electron chi connectivity index (χ2n) is 8.94. The highest BCUT2D eigenvalue weighted by Gasteiger charge is 2.28. The Labute approximate surface area is 223 Å². The van der Waals surface area contributed by atoms with Crippen molar-refractivity contribution in [2.24, 2.45) is 0 Å². The molecule has 0 radical (unpaired) electrons. The van der Waals surface area contributed by atoms with Crippen LogP contribution in [0.1, 0.15) is 38.3 Å². The molecule has 202 valence electrons. The SMILES string of the molecule is CC(=O)O[C@H](/C=C\[C@@H]1OC(=O)C=C[C@@H]1OCc1ccccc1)C[C@@H](OCc1ccccc1)[C@H](C)OC(C)=O. The second-order valence-corrected chi connectivity index (χ2v) is 8.94. The number of cyclic esters (lactones) is 1. The molecule has 5 atom stereocenters. The Morgan fingerprint density at radius 2 is 1.53 bits per heavy atom. The minimum absolute atomic E-state index is 0.212. The Morgan fingerprint density at radius 1 is 0.921 bits per heavy atom. The quantitative estimate of drug-likeness (QED) is 0.216. The van der Waals surface area contributed by atoms with Crippen molar-refractivity contribution in [3.63, 3.8) is 0 Å². The van der Waals surface area contributed by atoms with Crippen LogP contribution in [0.5, 0.6) is 0 Å². The monoisotopic (exact) mass is 522 g/mol. The zero-order valence-electron chi connectivity index (χ0n) is 21.9. The lowest BCUT2D eigenvalue weighted by atomic mass is 10.0. The first-order chi connectivity index (χ1) is 18.3. The number of hydrogen-bond acceptors (Lipinski definition) is 8. The zero-order valence-corrected chi connectivity index (χ0v) is 21.9. The Kier molecular flexibility index (Phi) is 11.3. The molecule has 2 aromatic rings. The minimum atomic E-state index is -0.731. The molecule has 0 aromatic heterocycles. The molecule has 2 aromatic carbocycles. The fourth-order valence-corrected chi connectivity index (χ4v) is 3.94. The Bertz CT molecular complexity index is 1100. The third-order valence-electron chi connectivity index (χ3n) is 5.76. The summed E-state index contributed by atoms with van der Waals surface area (Å²) in [7, 11) is 0. The molecule has 0 spiro atoms. The lowest BCUT2D eigenvalue weighted by Crippen LogP contribution is -2.36. The summed E-state index contributed by atoms with van der Waals surface area (Å²) in [6.07, 6.45) is 3.35. The average Bonchev–Trinajstić information content (AvgIpc) is 2.89. The molecule has 0 bridgehead atoms. The van der Waals surface area contributed by atoms with Crippen molar-refractivity contribution in [2.75, 3.05) is 0 Å². The van der Waals surface area contributed by atoms with Crippen LogP contribution in [-0.2, 0) is 51.3 Å². The summed E-state index contributed by atoms with van der Waals surface area (Å²) in [5.41, 5.74) is 1.93. The molecular formula is C30H34O8. The van der Waals surface area contributed by atoms with E-state index >= 15 is 0 Å². The highest BCUT2D eigenvalue weighted by molar-refractivity contribution is 5.83. The van der Waals surface area contributed by atoms with Crippen LogP contribution < -0.4 is 0 Å². The van der Waals surface area contributed by atoms with Gasteiger partial charge in [0.1, 0.15) is 18.3 Å². The third kappa shape index (κ3) is 9.95. The lowest BCUT2D eigenvalue weighted by Gasteiger charge is -2.28. The van der Waals surface area contributed by atoms with Crippen LogP contribution in [0.4, 0.5) is 0 Å². The summed E-state index contributed by atoms with van der Waals surface area (Å²) in [5.74, 6) is -1.42. The van der Waals surface area contributed by atoms with Gasteiger partial charge >= 0.3 is 17.9 Å². The number of carbonyl (C=O) groups excluding carboxylic acids is 3. The predicted octanol–water partition coefficient (Wildman–Crippen LogP) is 4.47. The van der Waals surface area contributed by atoms with E-state index in [1.54, 1.807) is 25.2 Å². The van der Waals surface area contributed by atoms with E-state index in [0.29, 0.717) is 6.61 Å². The summed E-state index contributed by atoms with van der Waals surface area (Å²) in [6, 6.07) is 19.2. The van der Waals surface area contributed by atoms with Gasteiger partial charge in [-0.2, -0.15) is 0 Å². The van der Waals surface area contributed by atoms with E-state index in [-0.39, 0.29) is 13.0 Å². The van der Waals surface area contributed by atoms with E-state index in [1.165, 1.54) is 19.9 Å². The van der Waals surface area contributed by atoms with E-state index < -0.39 is 48.4 Å². The van der Waals surface area contributed by atoms with E-state index in [4.69, 9.17) is 23.7 Å². The molecule has 1 aliphatic heterocycles. The molecule has 0 N–H and O–H groups in total. The minimum Gasteiger partial charge on any atom is -0.460 e. The molecule has 3 rings (SSSR count). The Morgan fingerprint density at radius 3 is 2.13 bits per heavy atom. The smallest absolute Gasteiger partial charge is 0.331 e. The summed E-state index contributed by atoms with van der Waals surface area (Å²) in [6.45, 7) is 4.99. The Hall–Kier alpha value is -3.75. The molecule has 0 aliphatic carbocycles. The zero-order chi connectivity index (χ0) is 27.3. The number of ether oxygens (including phenoxy) is 5. The van der Waals surface area contributed by atoms with E-state index in [9.17, 15) is 14.4 Å². The van der Waals surface area contributed by atoms with Crippen molar-refractivity contribution >= 4 is 17.9 Å². The molecule has 8 heteroatoms. The van der Waals surface area contributed by atoms with Crippen LogP contribution in [-0.4, -0.2) is 48.4 Å². The van der Waals surface area contributed by atoms with Crippen molar-refractivity contribution in [3.05, 3.63) is 96.1 Å². The normalized spacial score (nSPS) is 19.4. The molecule has 0 fully saturated rings. The van der Waals surface area contributed by atoms with Crippen LogP contribution in [0.15, 0.2) is 85.0 Å². The maximum absolute atomic E-state index is 12.0. The average molecular weight is 523 g/mol. The summed E-state index contributed by atoms with van der Waals surface area (Å²) in [4.78, 5) is 35.5. The van der Waals surface area contributed by atoms with Gasteiger partial charge in [-0.05, 0) is 36.3 Å².